The van der Waals surface area contributed by atoms with Gasteiger partial charge >= 0.3 is 0 Å². The number of aliphatic hydroxyl groups is 1. The van der Waals surface area contributed by atoms with Gasteiger partial charge in [0, 0.05) is 6.07 Å². The Bertz CT molecular complexity index is 528. The Kier molecular flexibility index (Phi) is 3.74. The van der Waals surface area contributed by atoms with E-state index in [2.05, 4.69) is 4.98 Å². The van der Waals surface area contributed by atoms with Crippen molar-refractivity contribution < 1.29 is 19.0 Å². The molecule has 0 bridgehead atoms. The molecule has 5 heteroatoms. The Morgan fingerprint density at radius 1 is 1.22 bits per heavy atom. The third-order valence-electron chi connectivity index (χ3n) is 2.33. The van der Waals surface area contributed by atoms with Crippen molar-refractivity contribution in [1.29, 1.82) is 0 Å². The molecule has 94 valence electrons. The lowest BCUT2D eigenvalue weighted by Gasteiger charge is -2.10. The second-order valence-corrected chi connectivity index (χ2v) is 3.56. The lowest BCUT2D eigenvalue weighted by molar-refractivity contribution is 0.280. The van der Waals surface area contributed by atoms with Crippen LogP contribution in [0.2, 0.25) is 0 Å². The number of methoxy groups -OCH3 is 1. The van der Waals surface area contributed by atoms with Crippen molar-refractivity contribution in [3.8, 4) is 17.4 Å². The summed E-state index contributed by atoms with van der Waals surface area (Å²) < 4.78 is 23.3. The molecule has 0 atom stereocenters. The number of pyridine rings is 1. The lowest BCUT2D eigenvalue weighted by Crippen LogP contribution is -1.94. The maximum Gasteiger partial charge on any atom is 0.219 e. The highest BCUT2D eigenvalue weighted by atomic mass is 19.1. The number of ether oxygens (including phenoxy) is 2. The van der Waals surface area contributed by atoms with Crippen LogP contribution in [0, 0.1) is 5.82 Å². The Morgan fingerprint density at radius 2 is 2.06 bits per heavy atom. The monoisotopic (exact) mass is 249 g/mol. The van der Waals surface area contributed by atoms with Gasteiger partial charge in [-0.05, 0) is 23.8 Å². The first kappa shape index (κ1) is 12.3. The van der Waals surface area contributed by atoms with Crippen molar-refractivity contribution in [3.05, 3.63) is 47.9 Å². The molecule has 0 saturated carbocycles. The normalized spacial score (nSPS) is 10.2. The standard InChI is InChI=1S/C13H12FNO3/c1-17-12-6-9(8-16)2-4-11(12)18-13-5-3-10(14)7-15-13/h2-7,16H,8H2,1H3. The number of aliphatic hydroxyl groups excluding tert-OH is 1. The summed E-state index contributed by atoms with van der Waals surface area (Å²) in [5, 5.41) is 9.02. The van der Waals surface area contributed by atoms with Crippen LogP contribution in [0.4, 0.5) is 4.39 Å². The Labute approximate surface area is 104 Å². The second-order valence-electron chi connectivity index (χ2n) is 3.56. The molecule has 2 rings (SSSR count). The van der Waals surface area contributed by atoms with E-state index in [4.69, 9.17) is 14.6 Å². The molecule has 0 radical (unpaired) electrons. The quantitative estimate of drug-likeness (QED) is 0.904. The smallest absolute Gasteiger partial charge is 0.219 e. The fourth-order valence-electron chi connectivity index (χ4n) is 1.43. The Balaban J connectivity index is 2.25. The van der Waals surface area contributed by atoms with E-state index in [1.54, 1.807) is 18.2 Å². The van der Waals surface area contributed by atoms with E-state index in [9.17, 15) is 4.39 Å². The van der Waals surface area contributed by atoms with Gasteiger partial charge in [0.25, 0.3) is 0 Å². The predicted octanol–water partition coefficient (Wildman–Crippen LogP) is 2.51. The van der Waals surface area contributed by atoms with Crippen LogP contribution >= 0.6 is 0 Å². The summed E-state index contributed by atoms with van der Waals surface area (Å²) in [6, 6.07) is 7.72. The summed E-state index contributed by atoms with van der Waals surface area (Å²) in [6.07, 6.45) is 1.07. The number of halogens is 1. The van der Waals surface area contributed by atoms with Crippen LogP contribution in [0.15, 0.2) is 36.5 Å². The van der Waals surface area contributed by atoms with Crippen molar-refractivity contribution in [2.75, 3.05) is 7.11 Å². The highest BCUT2D eigenvalue weighted by molar-refractivity contribution is 5.44. The van der Waals surface area contributed by atoms with Gasteiger partial charge < -0.3 is 14.6 Å². The number of nitrogens with zero attached hydrogens (tertiary/aromatic N) is 1. The summed E-state index contributed by atoms with van der Waals surface area (Å²) in [4.78, 5) is 3.79. The average molecular weight is 249 g/mol. The molecule has 1 N–H and O–H groups in total. The van der Waals surface area contributed by atoms with Crippen LogP contribution in [0.1, 0.15) is 5.56 Å². The summed E-state index contributed by atoms with van der Waals surface area (Å²) >= 11 is 0. The van der Waals surface area contributed by atoms with E-state index in [0.717, 1.165) is 6.20 Å². The Hall–Kier alpha value is -2.14. The predicted molar refractivity (Wildman–Crippen MR) is 63.2 cm³/mol. The minimum absolute atomic E-state index is 0.0779. The zero-order valence-electron chi connectivity index (χ0n) is 9.76. The van der Waals surface area contributed by atoms with E-state index >= 15 is 0 Å². The van der Waals surface area contributed by atoms with Crippen molar-refractivity contribution in [2.45, 2.75) is 6.61 Å². The maximum atomic E-state index is 12.7. The van der Waals surface area contributed by atoms with Crippen molar-refractivity contribution in [1.82, 2.24) is 4.98 Å². The van der Waals surface area contributed by atoms with Gasteiger partial charge in [0.05, 0.1) is 19.9 Å². The van der Waals surface area contributed by atoms with Gasteiger partial charge in [-0.25, -0.2) is 9.37 Å². The minimum Gasteiger partial charge on any atom is -0.493 e. The van der Waals surface area contributed by atoms with Crippen LogP contribution in [-0.4, -0.2) is 17.2 Å². The molecule has 18 heavy (non-hydrogen) atoms. The van der Waals surface area contributed by atoms with Crippen molar-refractivity contribution in [2.24, 2.45) is 0 Å². The molecule has 2 aromatic rings. The first-order chi connectivity index (χ1) is 8.72. The summed E-state index contributed by atoms with van der Waals surface area (Å²) in [7, 11) is 1.50. The highest BCUT2D eigenvalue weighted by Crippen LogP contribution is 2.31. The molecule has 0 unspecified atom stereocenters. The van der Waals surface area contributed by atoms with E-state index in [1.165, 1.54) is 19.2 Å². The molecular formula is C13H12FNO3. The van der Waals surface area contributed by atoms with Gasteiger partial charge in [-0.3, -0.25) is 0 Å². The van der Waals surface area contributed by atoms with Gasteiger partial charge in [-0.1, -0.05) is 6.07 Å². The maximum absolute atomic E-state index is 12.7. The first-order valence-electron chi connectivity index (χ1n) is 5.30. The van der Waals surface area contributed by atoms with E-state index < -0.39 is 5.82 Å². The fraction of sp³-hybridized carbons (Fsp3) is 0.154. The van der Waals surface area contributed by atoms with Crippen LogP contribution in [0.5, 0.6) is 17.4 Å². The van der Waals surface area contributed by atoms with Crippen molar-refractivity contribution in [3.63, 3.8) is 0 Å². The molecule has 0 aliphatic heterocycles. The molecule has 0 aliphatic rings. The highest BCUT2D eigenvalue weighted by Gasteiger charge is 2.07. The number of hydrogen-bond donors (Lipinski definition) is 1. The SMILES string of the molecule is COc1cc(CO)ccc1Oc1ccc(F)cn1. The molecule has 1 aromatic carbocycles. The second kappa shape index (κ2) is 5.46. The first-order valence-corrected chi connectivity index (χ1v) is 5.30. The third-order valence-corrected chi connectivity index (χ3v) is 2.33. The van der Waals surface area contributed by atoms with Gasteiger partial charge in [-0.2, -0.15) is 0 Å². The molecule has 0 spiro atoms. The molecule has 4 nitrogen and oxygen atoms in total. The molecule has 0 aliphatic carbocycles. The fourth-order valence-corrected chi connectivity index (χ4v) is 1.43. The van der Waals surface area contributed by atoms with E-state index in [1.807, 2.05) is 0 Å². The van der Waals surface area contributed by atoms with E-state index in [-0.39, 0.29) is 12.5 Å². The lowest BCUT2D eigenvalue weighted by atomic mass is 10.2. The average Bonchev–Trinajstić information content (AvgIpc) is 2.41. The summed E-state index contributed by atoms with van der Waals surface area (Å²) in [5.74, 6) is 0.776. The molecular weight excluding hydrogens is 237 g/mol. The number of hydrogen-bond acceptors (Lipinski definition) is 4. The number of rotatable bonds is 4. The van der Waals surface area contributed by atoms with Gasteiger partial charge in [0.1, 0.15) is 5.82 Å². The minimum atomic E-state index is -0.426. The van der Waals surface area contributed by atoms with Crippen LogP contribution in [0.25, 0.3) is 0 Å². The molecule has 0 amide bonds. The number of aromatic nitrogens is 1. The largest absolute Gasteiger partial charge is 0.493 e. The zero-order chi connectivity index (χ0) is 13.0. The molecule has 0 fully saturated rings. The number of benzene rings is 1. The van der Waals surface area contributed by atoms with Crippen LogP contribution in [-0.2, 0) is 6.61 Å². The molecule has 1 heterocycles. The van der Waals surface area contributed by atoms with Gasteiger partial charge in [0.2, 0.25) is 5.88 Å². The van der Waals surface area contributed by atoms with Crippen LogP contribution < -0.4 is 9.47 Å². The van der Waals surface area contributed by atoms with Crippen LogP contribution in [0.3, 0.4) is 0 Å². The van der Waals surface area contributed by atoms with Gasteiger partial charge in [-0.15, -0.1) is 0 Å². The third kappa shape index (κ3) is 2.75. The topological polar surface area (TPSA) is 51.6 Å². The summed E-state index contributed by atoms with van der Waals surface area (Å²) in [6.45, 7) is -0.0779. The zero-order valence-corrected chi connectivity index (χ0v) is 9.76. The van der Waals surface area contributed by atoms with E-state index in [0.29, 0.717) is 17.1 Å². The Morgan fingerprint density at radius 3 is 2.67 bits per heavy atom. The van der Waals surface area contributed by atoms with Gasteiger partial charge in [0.15, 0.2) is 11.5 Å². The molecule has 1 aromatic heterocycles. The summed E-state index contributed by atoms with van der Waals surface area (Å²) in [5.41, 5.74) is 0.714. The molecule has 0 saturated heterocycles. The van der Waals surface area contributed by atoms with Crippen molar-refractivity contribution >= 4 is 0 Å².